The van der Waals surface area contributed by atoms with Crippen molar-refractivity contribution in [1.29, 1.82) is 0 Å². The Bertz CT molecular complexity index is 656. The van der Waals surface area contributed by atoms with E-state index in [4.69, 9.17) is 4.74 Å². The molecule has 23 heavy (non-hydrogen) atoms. The first kappa shape index (κ1) is 17.0. The summed E-state index contributed by atoms with van der Waals surface area (Å²) < 4.78 is 7.02. The zero-order valence-corrected chi connectivity index (χ0v) is 13.7. The number of carbonyl (C=O) groups excluding carboxylic acids is 2. The maximum absolute atomic E-state index is 12.0. The molecular formula is C19H23NO3. The Morgan fingerprint density at radius 2 is 1.87 bits per heavy atom. The number of ether oxygens (including phenoxy) is 1. The van der Waals surface area contributed by atoms with Crippen LogP contribution in [-0.2, 0) is 29.4 Å². The fourth-order valence-electron chi connectivity index (χ4n) is 2.51. The molecule has 0 bridgehead atoms. The summed E-state index contributed by atoms with van der Waals surface area (Å²) >= 11 is 0. The van der Waals surface area contributed by atoms with E-state index in [1.165, 1.54) is 5.69 Å². The lowest BCUT2D eigenvalue weighted by atomic mass is 10.0. The Hall–Kier alpha value is -2.36. The van der Waals surface area contributed by atoms with E-state index in [-0.39, 0.29) is 11.8 Å². The maximum atomic E-state index is 12.0. The van der Waals surface area contributed by atoms with Crippen molar-refractivity contribution in [2.24, 2.45) is 7.05 Å². The van der Waals surface area contributed by atoms with E-state index >= 15 is 0 Å². The molecule has 0 fully saturated rings. The van der Waals surface area contributed by atoms with Crippen molar-refractivity contribution in [1.82, 2.24) is 4.57 Å². The number of aryl methyl sites for hydroxylation is 2. The number of benzene rings is 1. The van der Waals surface area contributed by atoms with Crippen LogP contribution < -0.4 is 0 Å². The first-order valence-electron chi connectivity index (χ1n) is 7.98. The Balaban J connectivity index is 1.78. The Morgan fingerprint density at radius 3 is 2.48 bits per heavy atom. The molecular weight excluding hydrogens is 290 g/mol. The minimum Gasteiger partial charge on any atom is -0.462 e. The predicted octanol–water partition coefficient (Wildman–Crippen LogP) is 3.34. The van der Waals surface area contributed by atoms with E-state index in [1.807, 2.05) is 31.4 Å². The molecule has 0 amide bonds. The molecule has 2 aromatic rings. The highest BCUT2D eigenvalue weighted by molar-refractivity contribution is 5.89. The molecule has 1 aromatic carbocycles. The number of nitrogens with zero attached hydrogens (tertiary/aromatic N) is 1. The topological polar surface area (TPSA) is 48.3 Å². The van der Waals surface area contributed by atoms with Crippen LogP contribution >= 0.6 is 0 Å². The quantitative estimate of drug-likeness (QED) is 0.702. The average Bonchev–Trinajstić information content (AvgIpc) is 2.93. The van der Waals surface area contributed by atoms with Crippen LogP contribution in [0.4, 0.5) is 0 Å². The van der Waals surface area contributed by atoms with Gasteiger partial charge >= 0.3 is 5.97 Å². The molecule has 0 N–H and O–H groups in total. The standard InChI is InChI=1S/C19H23NO3/c1-3-23-19(22)16-11-9-15(10-12-16)14-18(21)8-4-6-17-7-5-13-20(17)2/h5,7,9-13H,3-4,6,8,14H2,1-2H3. The van der Waals surface area contributed by atoms with Gasteiger partial charge in [0.15, 0.2) is 0 Å². The lowest BCUT2D eigenvalue weighted by Crippen LogP contribution is -2.06. The molecule has 4 heteroatoms. The van der Waals surface area contributed by atoms with Crippen molar-refractivity contribution in [3.05, 3.63) is 59.4 Å². The van der Waals surface area contributed by atoms with E-state index in [9.17, 15) is 9.59 Å². The third-order valence-corrected chi connectivity index (χ3v) is 3.81. The number of esters is 1. The van der Waals surface area contributed by atoms with Gasteiger partial charge in [-0.25, -0.2) is 4.79 Å². The SMILES string of the molecule is CCOC(=O)c1ccc(CC(=O)CCCc2cccn2C)cc1. The van der Waals surface area contributed by atoms with E-state index in [1.54, 1.807) is 19.1 Å². The second-order valence-electron chi connectivity index (χ2n) is 5.60. The third kappa shape index (κ3) is 5.09. The summed E-state index contributed by atoms with van der Waals surface area (Å²) in [6.07, 6.45) is 4.78. The zero-order valence-electron chi connectivity index (χ0n) is 13.7. The summed E-state index contributed by atoms with van der Waals surface area (Å²) in [7, 11) is 2.02. The van der Waals surface area contributed by atoms with Crippen molar-refractivity contribution in [3.8, 4) is 0 Å². The van der Waals surface area contributed by atoms with Crippen LogP contribution in [0.15, 0.2) is 42.6 Å². The van der Waals surface area contributed by atoms with E-state index in [0.29, 0.717) is 25.0 Å². The molecule has 1 heterocycles. The van der Waals surface area contributed by atoms with Gasteiger partial charge < -0.3 is 9.30 Å². The van der Waals surface area contributed by atoms with Crippen LogP contribution in [0, 0.1) is 0 Å². The Morgan fingerprint density at radius 1 is 1.13 bits per heavy atom. The van der Waals surface area contributed by atoms with Crippen LogP contribution in [0.2, 0.25) is 0 Å². The number of hydrogen-bond donors (Lipinski definition) is 0. The second-order valence-corrected chi connectivity index (χ2v) is 5.60. The van der Waals surface area contributed by atoms with Gasteiger partial charge in [0.25, 0.3) is 0 Å². The molecule has 0 unspecified atom stereocenters. The summed E-state index contributed by atoms with van der Waals surface area (Å²) in [6, 6.07) is 11.2. The van der Waals surface area contributed by atoms with Crippen molar-refractivity contribution in [2.45, 2.75) is 32.6 Å². The van der Waals surface area contributed by atoms with Gasteiger partial charge in [0.05, 0.1) is 12.2 Å². The summed E-state index contributed by atoms with van der Waals surface area (Å²) in [5.74, 6) is -0.101. The van der Waals surface area contributed by atoms with Crippen molar-refractivity contribution in [2.75, 3.05) is 6.61 Å². The van der Waals surface area contributed by atoms with Crippen LogP contribution in [0.1, 0.15) is 41.4 Å². The van der Waals surface area contributed by atoms with Crippen LogP contribution in [0.5, 0.6) is 0 Å². The number of aromatic nitrogens is 1. The van der Waals surface area contributed by atoms with Crippen molar-refractivity contribution < 1.29 is 14.3 Å². The molecule has 4 nitrogen and oxygen atoms in total. The van der Waals surface area contributed by atoms with E-state index < -0.39 is 0 Å². The number of hydrogen-bond acceptors (Lipinski definition) is 3. The molecule has 122 valence electrons. The maximum Gasteiger partial charge on any atom is 0.338 e. The van der Waals surface area contributed by atoms with Crippen molar-refractivity contribution in [3.63, 3.8) is 0 Å². The van der Waals surface area contributed by atoms with Gasteiger partial charge in [-0.3, -0.25) is 4.79 Å². The first-order valence-corrected chi connectivity index (χ1v) is 7.98. The van der Waals surface area contributed by atoms with Crippen LogP contribution in [0.25, 0.3) is 0 Å². The molecule has 0 spiro atoms. The Kier molecular flexibility index (Phi) is 6.15. The summed E-state index contributed by atoms with van der Waals surface area (Å²) in [6.45, 7) is 2.14. The monoisotopic (exact) mass is 313 g/mol. The van der Waals surface area contributed by atoms with Gasteiger partial charge in [-0.05, 0) is 49.6 Å². The Labute approximate surface area is 137 Å². The van der Waals surface area contributed by atoms with E-state index in [2.05, 4.69) is 10.6 Å². The highest BCUT2D eigenvalue weighted by atomic mass is 16.5. The zero-order chi connectivity index (χ0) is 16.7. The smallest absolute Gasteiger partial charge is 0.338 e. The molecule has 0 aliphatic rings. The molecule has 0 saturated carbocycles. The van der Waals surface area contributed by atoms with E-state index in [0.717, 1.165) is 18.4 Å². The second kappa shape index (κ2) is 8.32. The van der Waals surface area contributed by atoms with Gasteiger partial charge in [-0.15, -0.1) is 0 Å². The predicted molar refractivity (Wildman–Crippen MR) is 89.5 cm³/mol. The van der Waals surface area contributed by atoms with Crippen LogP contribution in [-0.4, -0.2) is 22.9 Å². The molecule has 2 rings (SSSR count). The van der Waals surface area contributed by atoms with Gasteiger partial charge in [0, 0.05) is 31.8 Å². The number of Topliss-reactive ketones (excluding diaryl/α,β-unsaturated/α-hetero) is 1. The first-order chi connectivity index (χ1) is 11.1. The molecule has 0 radical (unpaired) electrons. The number of rotatable bonds is 8. The molecule has 0 saturated heterocycles. The normalized spacial score (nSPS) is 10.5. The third-order valence-electron chi connectivity index (χ3n) is 3.81. The lowest BCUT2D eigenvalue weighted by Gasteiger charge is -2.05. The van der Waals surface area contributed by atoms with Gasteiger partial charge in [-0.2, -0.15) is 0 Å². The lowest BCUT2D eigenvalue weighted by molar-refractivity contribution is -0.118. The minimum atomic E-state index is -0.326. The van der Waals surface area contributed by atoms with Gasteiger partial charge in [0.1, 0.15) is 5.78 Å². The molecule has 0 atom stereocenters. The fourth-order valence-corrected chi connectivity index (χ4v) is 2.51. The summed E-state index contributed by atoms with van der Waals surface area (Å²) in [5, 5.41) is 0. The highest BCUT2D eigenvalue weighted by Crippen LogP contribution is 2.10. The van der Waals surface area contributed by atoms with Gasteiger partial charge in [0.2, 0.25) is 0 Å². The summed E-state index contributed by atoms with van der Waals surface area (Å²) in [5.41, 5.74) is 2.70. The molecule has 0 aliphatic heterocycles. The summed E-state index contributed by atoms with van der Waals surface area (Å²) in [4.78, 5) is 23.6. The molecule has 1 aromatic heterocycles. The van der Waals surface area contributed by atoms with Gasteiger partial charge in [-0.1, -0.05) is 12.1 Å². The van der Waals surface area contributed by atoms with Crippen molar-refractivity contribution >= 4 is 11.8 Å². The fraction of sp³-hybridized carbons (Fsp3) is 0.368. The highest BCUT2D eigenvalue weighted by Gasteiger charge is 2.08. The largest absolute Gasteiger partial charge is 0.462 e. The minimum absolute atomic E-state index is 0.225. The molecule has 0 aliphatic carbocycles. The number of carbonyl (C=O) groups is 2. The number of ketones is 1. The van der Waals surface area contributed by atoms with Crippen LogP contribution in [0.3, 0.4) is 0 Å². The average molecular weight is 313 g/mol.